The lowest BCUT2D eigenvalue weighted by Gasteiger charge is -2.10. The zero-order chi connectivity index (χ0) is 17.5. The standard InChI is InChI=1S/C17H16ClNO4S/c1-22-15-9-13(24-2)7-8-14(15)17(21)23-10-16(20)19-12-5-3-11(18)4-6-12/h3-9H,10H2,1-2H3,(H,19,20). The Hall–Kier alpha value is -2.18. The first kappa shape index (κ1) is 18.2. The van der Waals surface area contributed by atoms with E-state index >= 15 is 0 Å². The van der Waals surface area contributed by atoms with E-state index in [9.17, 15) is 9.59 Å². The Morgan fingerprint density at radius 2 is 1.88 bits per heavy atom. The number of rotatable bonds is 6. The van der Waals surface area contributed by atoms with Crippen molar-refractivity contribution < 1.29 is 19.1 Å². The first-order chi connectivity index (χ1) is 11.5. The summed E-state index contributed by atoms with van der Waals surface area (Å²) < 4.78 is 10.2. The number of hydrogen-bond donors (Lipinski definition) is 1. The van der Waals surface area contributed by atoms with E-state index in [0.29, 0.717) is 16.5 Å². The average Bonchev–Trinajstić information content (AvgIpc) is 2.61. The number of nitrogens with one attached hydrogen (secondary N) is 1. The smallest absolute Gasteiger partial charge is 0.342 e. The molecule has 0 aromatic heterocycles. The summed E-state index contributed by atoms with van der Waals surface area (Å²) in [5.41, 5.74) is 0.844. The summed E-state index contributed by atoms with van der Waals surface area (Å²) in [5.74, 6) is -0.652. The Kier molecular flexibility index (Phi) is 6.52. The monoisotopic (exact) mass is 365 g/mol. The maximum absolute atomic E-state index is 12.1. The number of esters is 1. The molecule has 0 bridgehead atoms. The highest BCUT2D eigenvalue weighted by atomic mass is 35.5. The molecule has 7 heteroatoms. The van der Waals surface area contributed by atoms with E-state index < -0.39 is 18.5 Å². The zero-order valence-electron chi connectivity index (χ0n) is 13.2. The summed E-state index contributed by atoms with van der Waals surface area (Å²) in [4.78, 5) is 24.9. The lowest BCUT2D eigenvalue weighted by atomic mass is 10.2. The number of anilines is 1. The van der Waals surface area contributed by atoms with Crippen molar-refractivity contribution in [2.24, 2.45) is 0 Å². The molecule has 1 amide bonds. The van der Waals surface area contributed by atoms with Gasteiger partial charge in [0.05, 0.1) is 7.11 Å². The fourth-order valence-corrected chi connectivity index (χ4v) is 2.46. The summed E-state index contributed by atoms with van der Waals surface area (Å²) in [7, 11) is 1.48. The van der Waals surface area contributed by atoms with Crippen LogP contribution >= 0.6 is 23.4 Å². The van der Waals surface area contributed by atoms with Crippen LogP contribution in [0.15, 0.2) is 47.4 Å². The van der Waals surface area contributed by atoms with Gasteiger partial charge in [0.2, 0.25) is 0 Å². The van der Waals surface area contributed by atoms with Crippen molar-refractivity contribution in [2.45, 2.75) is 4.90 Å². The van der Waals surface area contributed by atoms with Gasteiger partial charge in [0.25, 0.3) is 5.91 Å². The quantitative estimate of drug-likeness (QED) is 0.622. The van der Waals surface area contributed by atoms with Gasteiger partial charge in [-0.3, -0.25) is 4.79 Å². The van der Waals surface area contributed by atoms with E-state index in [-0.39, 0.29) is 5.56 Å². The maximum Gasteiger partial charge on any atom is 0.342 e. The summed E-state index contributed by atoms with van der Waals surface area (Å²) in [5, 5.41) is 3.18. The van der Waals surface area contributed by atoms with Crippen LogP contribution in [0.4, 0.5) is 5.69 Å². The Labute approximate surface area is 149 Å². The second-order valence-corrected chi connectivity index (χ2v) is 6.01. The molecular weight excluding hydrogens is 350 g/mol. The van der Waals surface area contributed by atoms with Crippen molar-refractivity contribution in [3.05, 3.63) is 53.1 Å². The van der Waals surface area contributed by atoms with Crippen molar-refractivity contribution in [1.29, 1.82) is 0 Å². The van der Waals surface area contributed by atoms with E-state index in [2.05, 4.69) is 5.32 Å². The number of thioether (sulfide) groups is 1. The van der Waals surface area contributed by atoms with Crippen LogP contribution < -0.4 is 10.1 Å². The topological polar surface area (TPSA) is 64.6 Å². The van der Waals surface area contributed by atoms with Crippen LogP contribution in [-0.2, 0) is 9.53 Å². The van der Waals surface area contributed by atoms with Crippen molar-refractivity contribution >= 4 is 40.9 Å². The van der Waals surface area contributed by atoms with Crippen LogP contribution in [0.2, 0.25) is 5.02 Å². The van der Waals surface area contributed by atoms with E-state index in [1.54, 1.807) is 42.5 Å². The SMILES string of the molecule is COc1cc(SC)ccc1C(=O)OCC(=O)Nc1ccc(Cl)cc1. The minimum Gasteiger partial charge on any atom is -0.496 e. The van der Waals surface area contributed by atoms with Gasteiger partial charge in [-0.25, -0.2) is 4.79 Å². The molecule has 24 heavy (non-hydrogen) atoms. The molecule has 0 aliphatic heterocycles. The molecule has 5 nitrogen and oxygen atoms in total. The Bertz CT molecular complexity index is 734. The van der Waals surface area contributed by atoms with E-state index in [1.165, 1.54) is 18.9 Å². The lowest BCUT2D eigenvalue weighted by molar-refractivity contribution is -0.119. The molecule has 0 spiro atoms. The molecule has 0 atom stereocenters. The Morgan fingerprint density at radius 3 is 2.50 bits per heavy atom. The van der Waals surface area contributed by atoms with Crippen LogP contribution in [0.5, 0.6) is 5.75 Å². The summed E-state index contributed by atoms with van der Waals surface area (Å²) >= 11 is 7.31. The highest BCUT2D eigenvalue weighted by molar-refractivity contribution is 7.98. The van der Waals surface area contributed by atoms with E-state index in [1.807, 2.05) is 6.26 Å². The third-order valence-corrected chi connectivity index (χ3v) is 4.07. The van der Waals surface area contributed by atoms with Crippen molar-refractivity contribution in [3.63, 3.8) is 0 Å². The van der Waals surface area contributed by atoms with E-state index in [0.717, 1.165) is 4.90 Å². The van der Waals surface area contributed by atoms with E-state index in [4.69, 9.17) is 21.1 Å². The highest BCUT2D eigenvalue weighted by Crippen LogP contribution is 2.25. The van der Waals surface area contributed by atoms with Gasteiger partial charge in [-0.05, 0) is 48.7 Å². The van der Waals surface area contributed by atoms with Gasteiger partial charge in [0, 0.05) is 15.6 Å². The summed E-state index contributed by atoms with van der Waals surface area (Å²) in [6, 6.07) is 11.8. The first-order valence-electron chi connectivity index (χ1n) is 6.98. The molecule has 0 radical (unpaired) electrons. The van der Waals surface area contributed by atoms with Gasteiger partial charge in [0.15, 0.2) is 6.61 Å². The van der Waals surface area contributed by atoms with Crippen LogP contribution in [0.25, 0.3) is 0 Å². The Balaban J connectivity index is 1.95. The molecule has 0 fully saturated rings. The number of hydrogen-bond acceptors (Lipinski definition) is 5. The molecular formula is C17H16ClNO4S. The molecule has 2 aromatic carbocycles. The molecule has 0 heterocycles. The highest BCUT2D eigenvalue weighted by Gasteiger charge is 2.16. The number of benzene rings is 2. The van der Waals surface area contributed by atoms with Crippen LogP contribution in [-0.4, -0.2) is 31.8 Å². The lowest BCUT2D eigenvalue weighted by Crippen LogP contribution is -2.21. The fraction of sp³-hybridized carbons (Fsp3) is 0.176. The van der Waals surface area contributed by atoms with Crippen LogP contribution in [0.3, 0.4) is 0 Å². The summed E-state index contributed by atoms with van der Waals surface area (Å²) in [6.45, 7) is -0.394. The van der Waals surface area contributed by atoms with Crippen LogP contribution in [0, 0.1) is 0 Å². The molecule has 0 aliphatic carbocycles. The minimum absolute atomic E-state index is 0.273. The van der Waals surface area contributed by atoms with Gasteiger partial charge >= 0.3 is 5.97 Å². The number of amides is 1. The third-order valence-electron chi connectivity index (χ3n) is 3.09. The van der Waals surface area contributed by atoms with Crippen LogP contribution in [0.1, 0.15) is 10.4 Å². The molecule has 0 unspecified atom stereocenters. The second kappa shape index (κ2) is 8.61. The molecule has 2 aromatic rings. The minimum atomic E-state index is -0.620. The normalized spacial score (nSPS) is 10.1. The molecule has 1 N–H and O–H groups in total. The number of ether oxygens (including phenoxy) is 2. The molecule has 0 saturated carbocycles. The number of methoxy groups -OCH3 is 1. The van der Waals surface area contributed by atoms with Crippen molar-refractivity contribution in [2.75, 3.05) is 25.3 Å². The van der Waals surface area contributed by atoms with Gasteiger partial charge in [-0.1, -0.05) is 11.6 Å². The Morgan fingerprint density at radius 1 is 1.17 bits per heavy atom. The van der Waals surface area contributed by atoms with Gasteiger partial charge in [0.1, 0.15) is 11.3 Å². The number of halogens is 1. The van der Waals surface area contributed by atoms with Gasteiger partial charge in [-0.15, -0.1) is 11.8 Å². The van der Waals surface area contributed by atoms with Gasteiger partial charge in [-0.2, -0.15) is 0 Å². The fourth-order valence-electron chi connectivity index (χ4n) is 1.91. The number of carbonyl (C=O) groups excluding carboxylic acids is 2. The largest absolute Gasteiger partial charge is 0.496 e. The molecule has 2 rings (SSSR count). The maximum atomic E-state index is 12.1. The summed E-state index contributed by atoms with van der Waals surface area (Å²) in [6.07, 6.45) is 1.92. The predicted octanol–water partition coefficient (Wildman–Crippen LogP) is 3.87. The first-order valence-corrected chi connectivity index (χ1v) is 8.58. The molecule has 0 saturated heterocycles. The number of carbonyl (C=O) groups is 2. The molecule has 0 aliphatic rings. The van der Waals surface area contributed by atoms with Crippen molar-refractivity contribution in [3.8, 4) is 5.75 Å². The zero-order valence-corrected chi connectivity index (χ0v) is 14.7. The molecule has 126 valence electrons. The third kappa shape index (κ3) is 4.91. The predicted molar refractivity (Wildman–Crippen MR) is 95.1 cm³/mol. The van der Waals surface area contributed by atoms with Crippen molar-refractivity contribution in [1.82, 2.24) is 0 Å². The van der Waals surface area contributed by atoms with Gasteiger partial charge < -0.3 is 14.8 Å². The average molecular weight is 366 g/mol. The second-order valence-electron chi connectivity index (χ2n) is 4.70.